The third kappa shape index (κ3) is 4.68. The number of rotatable bonds is 8. The normalized spacial score (nSPS) is 19.9. The van der Waals surface area contributed by atoms with E-state index < -0.39 is 45.2 Å². The average molecular weight is 493 g/mol. The van der Waals surface area contributed by atoms with Gasteiger partial charge in [-0.3, -0.25) is 4.79 Å². The number of esters is 2. The minimum atomic E-state index is -4.05. The first-order valence-corrected chi connectivity index (χ1v) is 13.0. The summed E-state index contributed by atoms with van der Waals surface area (Å²) in [5.74, 6) is -1.51. The van der Waals surface area contributed by atoms with Crippen molar-refractivity contribution in [3.8, 4) is 0 Å². The molecule has 2 N–H and O–H groups in total. The van der Waals surface area contributed by atoms with E-state index in [1.54, 1.807) is 39.8 Å². The standard InChI is InChI=1S/C24H32N2O7S/c1-5-17-20(21(27)32-6-2)18(26-23(29)25-17)14-33-22(28)24(11-7-8-12-24)34(30,31)19-13-15(3)9-10-16(19)4/h9-10,13,17H,5-8,11-12,14H2,1-4H3,(H2,25,26,29)/t17-/m0/s1. The van der Waals surface area contributed by atoms with Crippen LogP contribution in [0.2, 0.25) is 0 Å². The molecule has 0 aromatic heterocycles. The van der Waals surface area contributed by atoms with E-state index in [0.717, 1.165) is 5.56 Å². The van der Waals surface area contributed by atoms with Crippen LogP contribution in [0.5, 0.6) is 0 Å². The van der Waals surface area contributed by atoms with E-state index in [1.165, 1.54) is 0 Å². The van der Waals surface area contributed by atoms with Crippen LogP contribution < -0.4 is 10.6 Å². The molecule has 1 aromatic rings. The number of amides is 2. The number of hydrogen-bond acceptors (Lipinski definition) is 7. The first-order chi connectivity index (χ1) is 16.1. The van der Waals surface area contributed by atoms with Crippen LogP contribution in [0.3, 0.4) is 0 Å². The second kappa shape index (κ2) is 10.2. The smallest absolute Gasteiger partial charge is 0.338 e. The molecule has 1 aromatic carbocycles. The Labute approximate surface area is 200 Å². The van der Waals surface area contributed by atoms with Gasteiger partial charge in [0.25, 0.3) is 0 Å². The number of carbonyl (C=O) groups is 3. The van der Waals surface area contributed by atoms with E-state index in [1.807, 2.05) is 6.07 Å². The molecule has 0 spiro atoms. The summed E-state index contributed by atoms with van der Waals surface area (Å²) in [6.45, 7) is 6.65. The lowest BCUT2D eigenvalue weighted by Crippen LogP contribution is -2.51. The van der Waals surface area contributed by atoms with Crippen molar-refractivity contribution in [3.05, 3.63) is 40.6 Å². The van der Waals surface area contributed by atoms with Gasteiger partial charge in [0, 0.05) is 0 Å². The molecule has 1 saturated carbocycles. The van der Waals surface area contributed by atoms with Crippen molar-refractivity contribution in [3.63, 3.8) is 0 Å². The summed E-state index contributed by atoms with van der Waals surface area (Å²) in [6.07, 6.45) is 1.88. The predicted molar refractivity (Wildman–Crippen MR) is 125 cm³/mol. The minimum Gasteiger partial charge on any atom is -0.463 e. The van der Waals surface area contributed by atoms with Crippen LogP contribution in [0.1, 0.15) is 57.1 Å². The first-order valence-electron chi connectivity index (χ1n) is 11.5. The van der Waals surface area contributed by atoms with E-state index in [-0.39, 0.29) is 35.6 Å². The van der Waals surface area contributed by atoms with Crippen molar-refractivity contribution in [2.75, 3.05) is 13.2 Å². The number of urea groups is 1. The maximum absolute atomic E-state index is 13.8. The summed E-state index contributed by atoms with van der Waals surface area (Å²) in [5, 5.41) is 5.17. The van der Waals surface area contributed by atoms with Gasteiger partial charge in [-0.2, -0.15) is 0 Å². The molecule has 2 aliphatic rings. The van der Waals surface area contributed by atoms with E-state index in [2.05, 4.69) is 10.6 Å². The van der Waals surface area contributed by atoms with Gasteiger partial charge >= 0.3 is 18.0 Å². The Kier molecular flexibility index (Phi) is 7.70. The average Bonchev–Trinajstić information content (AvgIpc) is 3.30. The van der Waals surface area contributed by atoms with Crippen molar-refractivity contribution in [2.45, 2.75) is 75.5 Å². The van der Waals surface area contributed by atoms with Gasteiger partial charge in [-0.15, -0.1) is 0 Å². The second-order valence-electron chi connectivity index (χ2n) is 8.72. The Hall–Kier alpha value is -2.88. The molecule has 2 amide bonds. The lowest BCUT2D eigenvalue weighted by atomic mass is 10.0. The second-order valence-corrected chi connectivity index (χ2v) is 11.0. The molecule has 186 valence electrons. The van der Waals surface area contributed by atoms with Gasteiger partial charge in [0.15, 0.2) is 14.6 Å². The highest BCUT2D eigenvalue weighted by molar-refractivity contribution is 7.93. The molecule has 0 saturated heterocycles. The molecular formula is C24H32N2O7S. The molecule has 1 heterocycles. The number of nitrogens with one attached hydrogen (secondary N) is 2. The molecule has 0 bridgehead atoms. The molecule has 0 radical (unpaired) electrons. The van der Waals surface area contributed by atoms with Gasteiger partial charge in [-0.25, -0.2) is 18.0 Å². The van der Waals surface area contributed by atoms with Gasteiger partial charge < -0.3 is 20.1 Å². The van der Waals surface area contributed by atoms with Crippen LogP contribution in [0.25, 0.3) is 0 Å². The third-order valence-electron chi connectivity index (χ3n) is 6.43. The lowest BCUT2D eigenvalue weighted by Gasteiger charge is -2.30. The fourth-order valence-electron chi connectivity index (χ4n) is 4.58. The molecule has 10 heteroatoms. The van der Waals surface area contributed by atoms with Gasteiger partial charge in [-0.05, 0) is 57.2 Å². The highest BCUT2D eigenvalue weighted by Crippen LogP contribution is 2.42. The van der Waals surface area contributed by atoms with E-state index in [4.69, 9.17) is 9.47 Å². The summed E-state index contributed by atoms with van der Waals surface area (Å²) in [5.41, 5.74) is 1.60. The molecular weight excluding hydrogens is 460 g/mol. The van der Waals surface area contributed by atoms with Crippen molar-refractivity contribution in [1.29, 1.82) is 0 Å². The maximum Gasteiger partial charge on any atom is 0.338 e. The van der Waals surface area contributed by atoms with Crippen LogP contribution in [-0.4, -0.2) is 50.4 Å². The third-order valence-corrected chi connectivity index (χ3v) is 9.05. The fraction of sp³-hybridized carbons (Fsp3) is 0.542. The van der Waals surface area contributed by atoms with Gasteiger partial charge in [-0.1, -0.05) is 31.9 Å². The largest absolute Gasteiger partial charge is 0.463 e. The van der Waals surface area contributed by atoms with Crippen LogP contribution >= 0.6 is 0 Å². The zero-order valence-corrected chi connectivity index (χ0v) is 20.8. The number of hydrogen-bond donors (Lipinski definition) is 2. The number of aryl methyl sites for hydroxylation is 2. The summed E-state index contributed by atoms with van der Waals surface area (Å²) < 4.78 is 36.5. The number of benzene rings is 1. The lowest BCUT2D eigenvalue weighted by molar-refractivity contribution is -0.146. The SMILES string of the molecule is CCOC(=O)C1=C(COC(=O)C2(S(=O)(=O)c3cc(C)ccc3C)CCCC2)NC(=O)N[C@H]1CC. The van der Waals surface area contributed by atoms with E-state index >= 15 is 0 Å². The fourth-order valence-corrected chi connectivity index (χ4v) is 6.94. The molecule has 0 unspecified atom stereocenters. The quantitative estimate of drug-likeness (QED) is 0.534. The topological polar surface area (TPSA) is 128 Å². The molecule has 34 heavy (non-hydrogen) atoms. The molecule has 1 aliphatic carbocycles. The van der Waals surface area contributed by atoms with E-state index in [0.29, 0.717) is 24.8 Å². The van der Waals surface area contributed by atoms with Crippen molar-refractivity contribution < 1.29 is 32.3 Å². The molecule has 3 rings (SSSR count). The van der Waals surface area contributed by atoms with Crippen molar-refractivity contribution >= 4 is 27.8 Å². The van der Waals surface area contributed by atoms with Crippen molar-refractivity contribution in [1.82, 2.24) is 10.6 Å². The Balaban J connectivity index is 1.95. The predicted octanol–water partition coefficient (Wildman–Crippen LogP) is 2.84. The van der Waals surface area contributed by atoms with Crippen LogP contribution in [-0.2, 0) is 28.9 Å². The summed E-state index contributed by atoms with van der Waals surface area (Å²) in [4.78, 5) is 38.2. The highest BCUT2D eigenvalue weighted by Gasteiger charge is 2.55. The van der Waals surface area contributed by atoms with Gasteiger partial charge in [0.1, 0.15) is 6.61 Å². The Morgan fingerprint density at radius 3 is 2.41 bits per heavy atom. The van der Waals surface area contributed by atoms with Crippen molar-refractivity contribution in [2.24, 2.45) is 0 Å². The summed E-state index contributed by atoms with van der Waals surface area (Å²) in [6, 6.07) is 3.98. The van der Waals surface area contributed by atoms with Gasteiger partial charge in [0.2, 0.25) is 0 Å². The minimum absolute atomic E-state index is 0.0969. The zero-order chi connectivity index (χ0) is 25.1. The first kappa shape index (κ1) is 25.7. The van der Waals surface area contributed by atoms with E-state index in [9.17, 15) is 22.8 Å². The monoisotopic (exact) mass is 492 g/mol. The number of carbonyl (C=O) groups excluding carboxylic acids is 3. The summed E-state index contributed by atoms with van der Waals surface area (Å²) >= 11 is 0. The highest BCUT2D eigenvalue weighted by atomic mass is 32.2. The molecule has 1 fully saturated rings. The van der Waals surface area contributed by atoms with Crippen LogP contribution in [0, 0.1) is 13.8 Å². The Morgan fingerprint density at radius 1 is 1.12 bits per heavy atom. The number of ether oxygens (including phenoxy) is 2. The molecule has 1 atom stereocenters. The Morgan fingerprint density at radius 2 is 1.79 bits per heavy atom. The van der Waals surface area contributed by atoms with Crippen LogP contribution in [0.4, 0.5) is 4.79 Å². The van der Waals surface area contributed by atoms with Gasteiger partial charge in [0.05, 0.1) is 28.8 Å². The number of sulfone groups is 1. The molecule has 1 aliphatic heterocycles. The van der Waals surface area contributed by atoms with Crippen LogP contribution in [0.15, 0.2) is 34.4 Å². The Bertz CT molecular complexity index is 1120. The summed E-state index contributed by atoms with van der Waals surface area (Å²) in [7, 11) is -4.05. The zero-order valence-electron chi connectivity index (χ0n) is 20.0. The molecule has 9 nitrogen and oxygen atoms in total. The maximum atomic E-state index is 13.8.